The molecule has 0 aliphatic carbocycles. The summed E-state index contributed by atoms with van der Waals surface area (Å²) in [6.07, 6.45) is 0. The van der Waals surface area contributed by atoms with E-state index in [2.05, 4.69) is 10.3 Å². The minimum atomic E-state index is -4.58. The van der Waals surface area contributed by atoms with Gasteiger partial charge in [0.2, 0.25) is 11.9 Å². The zero-order chi connectivity index (χ0) is 16.7. The molecule has 0 amide bonds. The minimum Gasteiger partial charge on any atom is -0.398 e. The van der Waals surface area contributed by atoms with Gasteiger partial charge in [-0.3, -0.25) is 4.55 Å². The van der Waals surface area contributed by atoms with Crippen LogP contribution >= 0.6 is 23.2 Å². The lowest BCUT2D eigenvalue weighted by Gasteiger charge is -2.12. The van der Waals surface area contributed by atoms with Gasteiger partial charge in [-0.05, 0) is 18.2 Å². The number of nitrogen functional groups attached to an aromatic ring is 1. The topological polar surface area (TPSA) is 105 Å². The number of rotatable bonds is 3. The molecule has 118 valence electrons. The number of aromatic nitrogens is 1. The molecular weight excluding hydrogens is 363 g/mol. The molecule has 11 heteroatoms. The number of pyridine rings is 1. The molecule has 0 fully saturated rings. The zero-order valence-electron chi connectivity index (χ0n) is 10.4. The van der Waals surface area contributed by atoms with Crippen LogP contribution in [0.5, 0.6) is 0 Å². The van der Waals surface area contributed by atoms with Gasteiger partial charge in [-0.1, -0.05) is 23.2 Å². The third-order valence-electron chi connectivity index (χ3n) is 2.56. The summed E-state index contributed by atoms with van der Waals surface area (Å²) in [7, 11) is -4.58. The molecule has 0 spiro atoms. The van der Waals surface area contributed by atoms with Crippen molar-refractivity contribution in [2.24, 2.45) is 0 Å². The highest BCUT2D eigenvalue weighted by Crippen LogP contribution is 2.36. The van der Waals surface area contributed by atoms with Crippen LogP contribution in [0.1, 0.15) is 0 Å². The van der Waals surface area contributed by atoms with Crippen molar-refractivity contribution in [2.75, 3.05) is 11.1 Å². The molecule has 0 radical (unpaired) electrons. The van der Waals surface area contributed by atoms with Crippen molar-refractivity contribution < 1.29 is 21.8 Å². The Morgan fingerprint density at radius 1 is 1.18 bits per heavy atom. The van der Waals surface area contributed by atoms with Crippen LogP contribution in [0, 0.1) is 11.9 Å². The Balaban J connectivity index is 2.54. The summed E-state index contributed by atoms with van der Waals surface area (Å²) >= 11 is 11.3. The fourth-order valence-corrected chi connectivity index (χ4v) is 2.63. The molecule has 1 aromatic carbocycles. The van der Waals surface area contributed by atoms with E-state index in [1.807, 2.05) is 0 Å². The van der Waals surface area contributed by atoms with E-state index in [-0.39, 0.29) is 17.1 Å². The molecular formula is C11H7Cl2F2N3O3S. The van der Waals surface area contributed by atoms with Gasteiger partial charge in [0.05, 0.1) is 11.4 Å². The number of hydrogen-bond donors (Lipinski definition) is 3. The molecule has 2 aromatic rings. The van der Waals surface area contributed by atoms with Crippen LogP contribution in [0.3, 0.4) is 0 Å². The van der Waals surface area contributed by atoms with Crippen molar-refractivity contribution in [1.82, 2.24) is 4.98 Å². The van der Waals surface area contributed by atoms with E-state index >= 15 is 0 Å². The Morgan fingerprint density at radius 3 is 2.23 bits per heavy atom. The summed E-state index contributed by atoms with van der Waals surface area (Å²) in [6, 6.07) is 3.42. The first-order valence-corrected chi connectivity index (χ1v) is 7.65. The van der Waals surface area contributed by atoms with Crippen molar-refractivity contribution >= 4 is 50.4 Å². The number of nitrogens with one attached hydrogen (secondary N) is 1. The Hall–Kier alpha value is -1.68. The molecule has 0 saturated carbocycles. The second-order valence-electron chi connectivity index (χ2n) is 4.05. The Kier molecular flexibility index (Phi) is 4.43. The lowest BCUT2D eigenvalue weighted by atomic mass is 10.2. The first-order valence-electron chi connectivity index (χ1n) is 5.45. The summed E-state index contributed by atoms with van der Waals surface area (Å²) < 4.78 is 58.0. The van der Waals surface area contributed by atoms with Gasteiger partial charge in [0.1, 0.15) is 14.9 Å². The second kappa shape index (κ2) is 5.84. The molecule has 2 rings (SSSR count). The normalized spacial score (nSPS) is 11.5. The number of nitrogens with zero attached hydrogens (tertiary/aromatic N) is 1. The maximum Gasteiger partial charge on any atom is 0.296 e. The van der Waals surface area contributed by atoms with Gasteiger partial charge in [-0.15, -0.1) is 0 Å². The summed E-state index contributed by atoms with van der Waals surface area (Å²) in [5, 5.41) is 1.27. The molecule has 0 atom stereocenters. The maximum absolute atomic E-state index is 13.3. The van der Waals surface area contributed by atoms with Crippen LogP contribution in [0.15, 0.2) is 23.1 Å². The van der Waals surface area contributed by atoms with Gasteiger partial charge in [0, 0.05) is 5.69 Å². The fraction of sp³-hybridized carbons (Fsp3) is 0. The number of halogens is 4. The van der Waals surface area contributed by atoms with Crippen LogP contribution in [0.4, 0.5) is 25.8 Å². The summed E-state index contributed by atoms with van der Waals surface area (Å²) in [4.78, 5) is 2.27. The van der Waals surface area contributed by atoms with E-state index in [0.29, 0.717) is 0 Å². The Morgan fingerprint density at radius 2 is 1.73 bits per heavy atom. The molecule has 1 aromatic heterocycles. The van der Waals surface area contributed by atoms with Gasteiger partial charge < -0.3 is 11.1 Å². The minimum absolute atomic E-state index is 0.0237. The van der Waals surface area contributed by atoms with Crippen molar-refractivity contribution in [3.05, 3.63) is 40.1 Å². The van der Waals surface area contributed by atoms with Gasteiger partial charge in [-0.25, -0.2) is 0 Å². The smallest absolute Gasteiger partial charge is 0.296 e. The predicted octanol–water partition coefficient (Wildman–Crippen LogP) is 3.24. The van der Waals surface area contributed by atoms with Crippen molar-refractivity contribution in [2.45, 2.75) is 4.90 Å². The Bertz CT molecular complexity index is 836. The van der Waals surface area contributed by atoms with E-state index in [4.69, 9.17) is 33.5 Å². The van der Waals surface area contributed by atoms with Crippen LogP contribution in [0.2, 0.25) is 10.0 Å². The first kappa shape index (κ1) is 16.7. The van der Waals surface area contributed by atoms with Crippen LogP contribution in [0.25, 0.3) is 0 Å². The van der Waals surface area contributed by atoms with E-state index in [9.17, 15) is 17.2 Å². The maximum atomic E-state index is 13.3. The largest absolute Gasteiger partial charge is 0.398 e. The fourth-order valence-electron chi connectivity index (χ4n) is 1.58. The highest BCUT2D eigenvalue weighted by molar-refractivity contribution is 7.86. The molecule has 0 aliphatic heterocycles. The van der Waals surface area contributed by atoms with E-state index in [1.54, 1.807) is 0 Å². The monoisotopic (exact) mass is 369 g/mol. The lowest BCUT2D eigenvalue weighted by Crippen LogP contribution is -2.05. The summed E-state index contributed by atoms with van der Waals surface area (Å²) in [5.41, 5.74) is 4.89. The highest BCUT2D eigenvalue weighted by atomic mass is 35.5. The number of hydrogen-bond acceptors (Lipinski definition) is 5. The summed E-state index contributed by atoms with van der Waals surface area (Å²) in [6.45, 7) is 0. The van der Waals surface area contributed by atoms with E-state index < -0.39 is 37.0 Å². The molecule has 0 saturated heterocycles. The average molecular weight is 370 g/mol. The average Bonchev–Trinajstić information content (AvgIpc) is 2.42. The summed E-state index contributed by atoms with van der Waals surface area (Å²) in [5.74, 6) is -2.59. The van der Waals surface area contributed by atoms with Crippen LogP contribution in [-0.2, 0) is 10.1 Å². The lowest BCUT2D eigenvalue weighted by molar-refractivity contribution is 0.483. The van der Waals surface area contributed by atoms with Gasteiger partial charge in [0.25, 0.3) is 10.1 Å². The molecule has 22 heavy (non-hydrogen) atoms. The third kappa shape index (κ3) is 3.22. The zero-order valence-corrected chi connectivity index (χ0v) is 12.8. The van der Waals surface area contributed by atoms with Crippen LogP contribution in [-0.4, -0.2) is 18.0 Å². The number of anilines is 3. The van der Waals surface area contributed by atoms with Crippen LogP contribution < -0.4 is 11.1 Å². The SMILES string of the molecule is Nc1ccc(Nc2c(Cl)c(F)nc(F)c2Cl)cc1S(=O)(=O)O. The molecule has 0 bridgehead atoms. The Labute approximate surface area is 133 Å². The van der Waals surface area contributed by atoms with Crippen molar-refractivity contribution in [3.8, 4) is 0 Å². The molecule has 1 heterocycles. The first-order chi connectivity index (χ1) is 10.1. The molecule has 0 aliphatic rings. The highest BCUT2D eigenvalue weighted by Gasteiger charge is 2.19. The predicted molar refractivity (Wildman–Crippen MR) is 78.1 cm³/mol. The van der Waals surface area contributed by atoms with Gasteiger partial charge in [-0.2, -0.15) is 22.2 Å². The second-order valence-corrected chi connectivity index (χ2v) is 6.19. The van der Waals surface area contributed by atoms with Crippen molar-refractivity contribution in [3.63, 3.8) is 0 Å². The molecule has 6 nitrogen and oxygen atoms in total. The molecule has 4 N–H and O–H groups in total. The van der Waals surface area contributed by atoms with Crippen molar-refractivity contribution in [1.29, 1.82) is 0 Å². The quantitative estimate of drug-likeness (QED) is 0.435. The standard InChI is InChI=1S/C11H7Cl2F2N3O3S/c12-7-9(8(13)11(15)18-10(7)14)17-4-1-2-5(16)6(3-4)22(19,20)21/h1-3H,16H2,(H,17,18)(H,19,20,21). The van der Waals surface area contributed by atoms with Gasteiger partial charge >= 0.3 is 0 Å². The van der Waals surface area contributed by atoms with E-state index in [0.717, 1.165) is 6.07 Å². The number of nitrogens with two attached hydrogens (primary N) is 1. The van der Waals surface area contributed by atoms with Gasteiger partial charge in [0.15, 0.2) is 0 Å². The molecule has 0 unspecified atom stereocenters. The van der Waals surface area contributed by atoms with E-state index in [1.165, 1.54) is 12.1 Å². The third-order valence-corrected chi connectivity index (χ3v) is 4.16. The number of benzene rings is 1.